The van der Waals surface area contributed by atoms with Crippen molar-refractivity contribution in [2.45, 2.75) is 0 Å². The molecule has 0 amide bonds. The highest BCUT2D eigenvalue weighted by Crippen LogP contribution is 2.09. The molecule has 2 aromatic rings. The van der Waals surface area contributed by atoms with E-state index in [-0.39, 0.29) is 5.56 Å². The molecular weight excluding hydrogens is 345 g/mol. The highest BCUT2D eigenvalue weighted by molar-refractivity contribution is 14.1. The van der Waals surface area contributed by atoms with Gasteiger partial charge in [0, 0.05) is 0 Å². The van der Waals surface area contributed by atoms with E-state index >= 15 is 0 Å². The molecule has 5 nitrogen and oxygen atoms in total. The molecular formula is C12H12IN3O2. The fraction of sp³-hybridized carbons (Fsp3) is 0.167. The minimum Gasteiger partial charge on any atom is -0.492 e. The summed E-state index contributed by atoms with van der Waals surface area (Å²) in [7, 11) is 0. The number of nitrogens with one attached hydrogen (secondary N) is 2. The van der Waals surface area contributed by atoms with Crippen LogP contribution in [0.4, 0.5) is 5.82 Å². The number of para-hydroxylation sites is 1. The fourth-order valence-electron chi connectivity index (χ4n) is 1.36. The highest BCUT2D eigenvalue weighted by atomic mass is 127. The Kier molecular flexibility index (Phi) is 4.57. The molecule has 0 unspecified atom stereocenters. The topological polar surface area (TPSA) is 67.0 Å². The van der Waals surface area contributed by atoms with Crippen LogP contribution in [0.25, 0.3) is 0 Å². The van der Waals surface area contributed by atoms with E-state index < -0.39 is 0 Å². The van der Waals surface area contributed by atoms with Gasteiger partial charge in [0.15, 0.2) is 0 Å². The molecule has 0 aliphatic rings. The van der Waals surface area contributed by atoms with Crippen LogP contribution < -0.4 is 15.6 Å². The number of nitrogens with zero attached hydrogens (tertiary/aromatic N) is 1. The van der Waals surface area contributed by atoms with Crippen LogP contribution >= 0.6 is 22.6 Å². The van der Waals surface area contributed by atoms with Crippen LogP contribution in [0.5, 0.6) is 5.75 Å². The molecule has 1 aromatic carbocycles. The average molecular weight is 357 g/mol. The van der Waals surface area contributed by atoms with Gasteiger partial charge >= 0.3 is 0 Å². The van der Waals surface area contributed by atoms with Crippen molar-refractivity contribution >= 4 is 28.4 Å². The molecule has 0 aliphatic carbocycles. The molecule has 0 fully saturated rings. The lowest BCUT2D eigenvalue weighted by Crippen LogP contribution is -2.18. The second-order valence-electron chi connectivity index (χ2n) is 3.48. The minimum atomic E-state index is -0.142. The maximum absolute atomic E-state index is 11.3. The number of rotatable bonds is 5. The average Bonchev–Trinajstić information content (AvgIpc) is 2.40. The second-order valence-corrected chi connectivity index (χ2v) is 4.56. The van der Waals surface area contributed by atoms with Crippen LogP contribution in [0.2, 0.25) is 0 Å². The molecule has 1 heterocycles. The lowest BCUT2D eigenvalue weighted by atomic mass is 10.3. The Morgan fingerprint density at radius 1 is 1.33 bits per heavy atom. The van der Waals surface area contributed by atoms with Gasteiger partial charge in [0.2, 0.25) is 0 Å². The van der Waals surface area contributed by atoms with Gasteiger partial charge in [-0.3, -0.25) is 4.79 Å². The molecule has 2 N–H and O–H groups in total. The minimum absolute atomic E-state index is 0.142. The normalized spacial score (nSPS) is 10.1. The first-order chi connectivity index (χ1) is 8.77. The Labute approximate surface area is 118 Å². The summed E-state index contributed by atoms with van der Waals surface area (Å²) in [5.41, 5.74) is -0.142. The third-order valence-corrected chi connectivity index (χ3v) is 3.20. The predicted octanol–water partition coefficient (Wildman–Crippen LogP) is 1.87. The standard InChI is InChI=1S/C12H12IN3O2/c13-10-11(15-8-16-12(10)17)14-6-7-18-9-4-2-1-3-5-9/h1-5,8H,6-7H2,(H2,14,15,16,17). The SMILES string of the molecule is O=c1[nH]cnc(NCCOc2ccccc2)c1I. The molecule has 0 saturated heterocycles. The number of benzene rings is 1. The summed E-state index contributed by atoms with van der Waals surface area (Å²) in [6, 6.07) is 9.58. The first-order valence-corrected chi connectivity index (χ1v) is 6.50. The van der Waals surface area contributed by atoms with Gasteiger partial charge < -0.3 is 15.0 Å². The van der Waals surface area contributed by atoms with Crippen LogP contribution in [0, 0.1) is 3.57 Å². The Bertz CT molecular complexity index is 557. The number of hydrogen-bond acceptors (Lipinski definition) is 4. The van der Waals surface area contributed by atoms with E-state index in [1.165, 1.54) is 6.33 Å². The third-order valence-electron chi connectivity index (χ3n) is 2.20. The Morgan fingerprint density at radius 2 is 2.11 bits per heavy atom. The van der Waals surface area contributed by atoms with Gasteiger partial charge in [-0.1, -0.05) is 18.2 Å². The summed E-state index contributed by atoms with van der Waals surface area (Å²) in [6.07, 6.45) is 1.38. The summed E-state index contributed by atoms with van der Waals surface area (Å²) in [5, 5.41) is 3.06. The molecule has 0 aliphatic heterocycles. The van der Waals surface area contributed by atoms with Crippen LogP contribution in [-0.4, -0.2) is 23.1 Å². The monoisotopic (exact) mass is 357 g/mol. The summed E-state index contributed by atoms with van der Waals surface area (Å²) in [4.78, 5) is 17.9. The van der Waals surface area contributed by atoms with Crippen LogP contribution in [0.3, 0.4) is 0 Å². The smallest absolute Gasteiger partial charge is 0.266 e. The number of ether oxygens (including phenoxy) is 1. The molecule has 0 spiro atoms. The van der Waals surface area contributed by atoms with E-state index in [0.29, 0.717) is 22.5 Å². The van der Waals surface area contributed by atoms with E-state index in [0.717, 1.165) is 5.75 Å². The number of hydrogen-bond donors (Lipinski definition) is 2. The lowest BCUT2D eigenvalue weighted by molar-refractivity contribution is 0.332. The molecule has 1 aromatic heterocycles. The highest BCUT2D eigenvalue weighted by Gasteiger charge is 2.03. The molecule has 18 heavy (non-hydrogen) atoms. The predicted molar refractivity (Wildman–Crippen MR) is 78.0 cm³/mol. The van der Waals surface area contributed by atoms with Crippen molar-refractivity contribution in [3.63, 3.8) is 0 Å². The summed E-state index contributed by atoms with van der Waals surface area (Å²) < 4.78 is 6.07. The van der Waals surface area contributed by atoms with Crippen molar-refractivity contribution in [1.82, 2.24) is 9.97 Å². The Balaban J connectivity index is 1.82. The first kappa shape index (κ1) is 12.9. The zero-order valence-electron chi connectivity index (χ0n) is 9.52. The maximum Gasteiger partial charge on any atom is 0.266 e. The Morgan fingerprint density at radius 3 is 2.89 bits per heavy atom. The number of anilines is 1. The van der Waals surface area contributed by atoms with E-state index in [9.17, 15) is 4.79 Å². The second kappa shape index (κ2) is 6.39. The van der Waals surface area contributed by atoms with Crippen molar-refractivity contribution in [3.8, 4) is 5.75 Å². The van der Waals surface area contributed by atoms with Crippen molar-refractivity contribution in [2.75, 3.05) is 18.5 Å². The number of halogens is 1. The molecule has 2 rings (SSSR count). The largest absolute Gasteiger partial charge is 0.492 e. The maximum atomic E-state index is 11.3. The third kappa shape index (κ3) is 3.46. The fourth-order valence-corrected chi connectivity index (χ4v) is 1.85. The number of H-pyrrole nitrogens is 1. The molecule has 94 valence electrons. The molecule has 6 heteroatoms. The van der Waals surface area contributed by atoms with Gasteiger partial charge in [0.25, 0.3) is 5.56 Å². The number of aromatic nitrogens is 2. The zero-order valence-corrected chi connectivity index (χ0v) is 11.7. The molecule has 0 saturated carbocycles. The quantitative estimate of drug-likeness (QED) is 0.633. The van der Waals surface area contributed by atoms with Crippen molar-refractivity contribution in [3.05, 3.63) is 50.6 Å². The van der Waals surface area contributed by atoms with Gasteiger partial charge in [-0.05, 0) is 34.7 Å². The van der Waals surface area contributed by atoms with Crippen LogP contribution in [-0.2, 0) is 0 Å². The summed E-state index contributed by atoms with van der Waals surface area (Å²) in [6.45, 7) is 1.09. The van der Waals surface area contributed by atoms with E-state index in [4.69, 9.17) is 4.74 Å². The van der Waals surface area contributed by atoms with E-state index in [2.05, 4.69) is 15.3 Å². The molecule has 0 radical (unpaired) electrons. The van der Waals surface area contributed by atoms with Gasteiger partial charge in [0.1, 0.15) is 21.7 Å². The Hall–Kier alpha value is -1.57. The zero-order chi connectivity index (χ0) is 12.8. The van der Waals surface area contributed by atoms with Crippen LogP contribution in [0.15, 0.2) is 41.5 Å². The first-order valence-electron chi connectivity index (χ1n) is 5.42. The van der Waals surface area contributed by atoms with Gasteiger partial charge in [-0.25, -0.2) is 4.98 Å². The molecule has 0 bridgehead atoms. The van der Waals surface area contributed by atoms with Gasteiger partial charge in [0.05, 0.1) is 12.9 Å². The summed E-state index contributed by atoms with van der Waals surface area (Å²) in [5.74, 6) is 1.41. The van der Waals surface area contributed by atoms with Crippen molar-refractivity contribution in [2.24, 2.45) is 0 Å². The van der Waals surface area contributed by atoms with Gasteiger partial charge in [-0.15, -0.1) is 0 Å². The molecule has 0 atom stereocenters. The lowest BCUT2D eigenvalue weighted by Gasteiger charge is -2.08. The van der Waals surface area contributed by atoms with Crippen LogP contribution in [0.1, 0.15) is 0 Å². The van der Waals surface area contributed by atoms with E-state index in [1.807, 2.05) is 52.9 Å². The summed E-state index contributed by atoms with van der Waals surface area (Å²) >= 11 is 1.96. The van der Waals surface area contributed by atoms with Crippen molar-refractivity contribution in [1.29, 1.82) is 0 Å². The van der Waals surface area contributed by atoms with Crippen molar-refractivity contribution < 1.29 is 4.74 Å². The van der Waals surface area contributed by atoms with E-state index in [1.54, 1.807) is 0 Å². The number of aromatic amines is 1. The van der Waals surface area contributed by atoms with Gasteiger partial charge in [-0.2, -0.15) is 0 Å².